The maximum Gasteiger partial charge on any atom is 0.326 e. The van der Waals surface area contributed by atoms with Crippen molar-refractivity contribution in [2.75, 3.05) is 11.4 Å². The van der Waals surface area contributed by atoms with Crippen molar-refractivity contribution in [2.24, 2.45) is 0 Å². The number of carboxylic acids is 1. The first-order valence-electron chi connectivity index (χ1n) is 6.24. The summed E-state index contributed by atoms with van der Waals surface area (Å²) >= 11 is 5.01. The minimum absolute atomic E-state index is 0.481. The molecule has 3 rings (SSSR count). The van der Waals surface area contributed by atoms with E-state index in [4.69, 9.17) is 0 Å². The van der Waals surface area contributed by atoms with Crippen molar-refractivity contribution in [3.05, 3.63) is 28.1 Å². The molecule has 104 valence electrons. The highest BCUT2D eigenvalue weighted by atomic mass is 79.9. The molecule has 0 aliphatic carbocycles. The predicted octanol–water partition coefficient (Wildman–Crippen LogP) is 3.02. The number of carboxylic acid groups (broad SMARTS) is 1. The molecule has 1 aliphatic heterocycles. The number of halogens is 1. The van der Waals surface area contributed by atoms with Crippen LogP contribution in [0.1, 0.15) is 12.8 Å². The number of aliphatic carboxylic acids is 1. The maximum atomic E-state index is 11.2. The van der Waals surface area contributed by atoms with Crippen molar-refractivity contribution < 1.29 is 9.90 Å². The topological polar surface area (TPSA) is 66.3 Å². The first-order chi connectivity index (χ1) is 9.65. The zero-order chi connectivity index (χ0) is 14.1. The number of carbonyl (C=O) groups is 1. The van der Waals surface area contributed by atoms with Crippen LogP contribution in [0.5, 0.6) is 0 Å². The van der Waals surface area contributed by atoms with Gasteiger partial charge in [0.25, 0.3) is 0 Å². The van der Waals surface area contributed by atoms with Crippen LogP contribution in [0.3, 0.4) is 0 Å². The van der Waals surface area contributed by atoms with E-state index in [0.717, 1.165) is 27.3 Å². The van der Waals surface area contributed by atoms with Gasteiger partial charge in [0.1, 0.15) is 11.7 Å². The van der Waals surface area contributed by atoms with E-state index >= 15 is 0 Å². The Morgan fingerprint density at radius 2 is 2.20 bits per heavy atom. The summed E-state index contributed by atoms with van der Waals surface area (Å²) in [5.74, 6) is -0.162. The Labute approximate surface area is 128 Å². The lowest BCUT2D eigenvalue weighted by Crippen LogP contribution is -2.36. The van der Waals surface area contributed by atoms with Crippen LogP contribution in [0.2, 0.25) is 0 Å². The molecule has 20 heavy (non-hydrogen) atoms. The van der Waals surface area contributed by atoms with Crippen LogP contribution in [0, 0.1) is 0 Å². The number of anilines is 1. The highest BCUT2D eigenvalue weighted by Crippen LogP contribution is 2.31. The van der Waals surface area contributed by atoms with Gasteiger partial charge in [0.15, 0.2) is 5.82 Å². The van der Waals surface area contributed by atoms with Crippen molar-refractivity contribution in [3.63, 3.8) is 0 Å². The molecule has 1 atom stereocenters. The number of rotatable bonds is 3. The number of thiophene rings is 1. The lowest BCUT2D eigenvalue weighted by Gasteiger charge is -2.21. The number of hydrogen-bond acceptors (Lipinski definition) is 5. The van der Waals surface area contributed by atoms with Gasteiger partial charge in [-0.3, -0.25) is 0 Å². The fraction of sp³-hybridized carbons (Fsp3) is 0.308. The molecular weight excluding hydrogens is 342 g/mol. The van der Waals surface area contributed by atoms with E-state index in [1.807, 2.05) is 29.2 Å². The Morgan fingerprint density at radius 3 is 2.80 bits per heavy atom. The number of aromatic nitrogens is 2. The summed E-state index contributed by atoms with van der Waals surface area (Å²) in [6.45, 7) is 0.718. The predicted molar refractivity (Wildman–Crippen MR) is 81.0 cm³/mol. The van der Waals surface area contributed by atoms with E-state index in [1.54, 1.807) is 11.3 Å². The molecule has 5 nitrogen and oxygen atoms in total. The van der Waals surface area contributed by atoms with Crippen LogP contribution < -0.4 is 4.90 Å². The molecule has 0 amide bonds. The summed E-state index contributed by atoms with van der Waals surface area (Å²) in [5.41, 5.74) is 0.801. The van der Waals surface area contributed by atoms with E-state index in [-0.39, 0.29) is 0 Å². The third-order valence-electron chi connectivity index (χ3n) is 3.31. The molecule has 0 unspecified atom stereocenters. The Bertz CT molecular complexity index is 629. The number of nitrogens with zero attached hydrogens (tertiary/aromatic N) is 3. The average molecular weight is 354 g/mol. The first kappa shape index (κ1) is 13.5. The number of hydrogen-bond donors (Lipinski definition) is 1. The molecule has 2 aromatic heterocycles. The molecule has 3 heterocycles. The van der Waals surface area contributed by atoms with Crippen LogP contribution in [-0.2, 0) is 4.79 Å². The Morgan fingerprint density at radius 1 is 1.35 bits per heavy atom. The van der Waals surface area contributed by atoms with E-state index in [2.05, 4.69) is 26.1 Å². The summed E-state index contributed by atoms with van der Waals surface area (Å²) in [6, 6.07) is 7.20. The molecule has 0 radical (unpaired) electrons. The molecule has 0 saturated carbocycles. The van der Waals surface area contributed by atoms with Crippen molar-refractivity contribution in [2.45, 2.75) is 18.9 Å². The fourth-order valence-electron chi connectivity index (χ4n) is 2.36. The van der Waals surface area contributed by atoms with Crippen LogP contribution in [0.4, 0.5) is 5.82 Å². The molecule has 0 bridgehead atoms. The average Bonchev–Trinajstić information content (AvgIpc) is 3.07. The van der Waals surface area contributed by atoms with E-state index in [9.17, 15) is 9.90 Å². The summed E-state index contributed by atoms with van der Waals surface area (Å²) < 4.78 is 1.05. The highest BCUT2D eigenvalue weighted by molar-refractivity contribution is 9.11. The van der Waals surface area contributed by atoms with Crippen LogP contribution in [0.25, 0.3) is 10.6 Å². The SMILES string of the molecule is O=C(O)[C@@H]1CCCN1c1ccc(-c2ccc(Br)s2)nn1. The van der Waals surface area contributed by atoms with Gasteiger partial charge in [0.05, 0.1) is 8.66 Å². The Kier molecular flexibility index (Phi) is 3.71. The molecule has 1 saturated heterocycles. The zero-order valence-corrected chi connectivity index (χ0v) is 12.9. The fourth-order valence-corrected chi connectivity index (χ4v) is 3.71. The highest BCUT2D eigenvalue weighted by Gasteiger charge is 2.31. The normalized spacial score (nSPS) is 18.4. The second-order valence-electron chi connectivity index (χ2n) is 4.57. The lowest BCUT2D eigenvalue weighted by molar-refractivity contribution is -0.138. The maximum absolute atomic E-state index is 11.2. The Hall–Kier alpha value is -1.47. The lowest BCUT2D eigenvalue weighted by atomic mass is 10.2. The van der Waals surface area contributed by atoms with Gasteiger partial charge in [-0.1, -0.05) is 0 Å². The van der Waals surface area contributed by atoms with Gasteiger partial charge in [0, 0.05) is 6.54 Å². The zero-order valence-electron chi connectivity index (χ0n) is 10.5. The summed E-state index contributed by atoms with van der Waals surface area (Å²) in [6.07, 6.45) is 1.54. The van der Waals surface area contributed by atoms with Crippen molar-refractivity contribution >= 4 is 39.1 Å². The van der Waals surface area contributed by atoms with Gasteiger partial charge in [0.2, 0.25) is 0 Å². The molecular formula is C13H12BrN3O2S. The largest absolute Gasteiger partial charge is 0.480 e. The quantitative estimate of drug-likeness (QED) is 0.918. The molecule has 7 heteroatoms. The van der Waals surface area contributed by atoms with Crippen LogP contribution in [-0.4, -0.2) is 33.9 Å². The summed E-state index contributed by atoms with van der Waals surface area (Å²) in [7, 11) is 0. The van der Waals surface area contributed by atoms with Gasteiger partial charge in [-0.05, 0) is 53.0 Å². The second kappa shape index (κ2) is 5.49. The molecule has 2 aromatic rings. The Balaban J connectivity index is 1.84. The third-order valence-corrected chi connectivity index (χ3v) is 4.95. The second-order valence-corrected chi connectivity index (χ2v) is 7.03. The van der Waals surface area contributed by atoms with Gasteiger partial charge in [-0.2, -0.15) is 0 Å². The van der Waals surface area contributed by atoms with Crippen LogP contribution >= 0.6 is 27.3 Å². The summed E-state index contributed by atoms with van der Waals surface area (Å²) in [5, 5.41) is 17.6. The molecule has 1 N–H and O–H groups in total. The molecule has 0 spiro atoms. The monoisotopic (exact) mass is 353 g/mol. The molecule has 0 aromatic carbocycles. The van der Waals surface area contributed by atoms with Crippen molar-refractivity contribution in [3.8, 4) is 10.6 Å². The van der Waals surface area contributed by atoms with Gasteiger partial charge < -0.3 is 10.0 Å². The summed E-state index contributed by atoms with van der Waals surface area (Å²) in [4.78, 5) is 14.0. The third kappa shape index (κ3) is 2.55. The minimum atomic E-state index is -0.796. The van der Waals surface area contributed by atoms with Crippen LogP contribution in [0.15, 0.2) is 28.1 Å². The van der Waals surface area contributed by atoms with Gasteiger partial charge in [-0.25, -0.2) is 4.79 Å². The first-order valence-corrected chi connectivity index (χ1v) is 7.85. The molecule has 1 fully saturated rings. The van der Waals surface area contributed by atoms with E-state index in [1.165, 1.54) is 0 Å². The van der Waals surface area contributed by atoms with E-state index in [0.29, 0.717) is 12.2 Å². The van der Waals surface area contributed by atoms with Gasteiger partial charge in [-0.15, -0.1) is 21.5 Å². The van der Waals surface area contributed by atoms with Gasteiger partial charge >= 0.3 is 5.97 Å². The smallest absolute Gasteiger partial charge is 0.326 e. The minimum Gasteiger partial charge on any atom is -0.480 e. The van der Waals surface area contributed by atoms with Crippen molar-refractivity contribution in [1.82, 2.24) is 10.2 Å². The standard InChI is InChI=1S/C13H12BrN3O2S/c14-11-5-4-10(20-11)8-3-6-12(16-15-8)17-7-1-2-9(17)13(18)19/h3-6,9H,1-2,7H2,(H,18,19)/t9-/m0/s1. The van der Waals surface area contributed by atoms with E-state index < -0.39 is 12.0 Å². The van der Waals surface area contributed by atoms with Crippen molar-refractivity contribution in [1.29, 1.82) is 0 Å². The molecule has 1 aliphatic rings.